The van der Waals surface area contributed by atoms with Crippen molar-refractivity contribution in [3.63, 3.8) is 0 Å². The second kappa shape index (κ2) is 2.69. The minimum Gasteiger partial charge on any atom is -0.507 e. The van der Waals surface area contributed by atoms with Gasteiger partial charge in [0.2, 0.25) is 5.71 Å². The molecule has 2 heterocycles. The number of aromatic hydroxyl groups is 2. The molecule has 0 aliphatic rings. The standard InChI is InChI=1S/C11H10N2O3/c1-4-3-6(14)8-7-5(2)12-13-11(7)16-10(8)9(4)15/h3,14-15H,1-2H3,(H,12,13). The molecule has 1 aromatic carbocycles. The van der Waals surface area contributed by atoms with Crippen LogP contribution >= 0.6 is 0 Å². The molecule has 3 rings (SSSR count). The summed E-state index contributed by atoms with van der Waals surface area (Å²) in [6.45, 7) is 3.54. The Morgan fingerprint density at radius 3 is 2.75 bits per heavy atom. The number of aryl methyl sites for hydroxylation is 2. The molecule has 0 saturated heterocycles. The molecule has 0 bridgehead atoms. The molecule has 0 unspecified atom stereocenters. The van der Waals surface area contributed by atoms with Gasteiger partial charge in [0.1, 0.15) is 5.75 Å². The Balaban J connectivity index is 2.66. The normalized spacial score (nSPS) is 11.6. The van der Waals surface area contributed by atoms with E-state index < -0.39 is 0 Å². The Morgan fingerprint density at radius 1 is 1.25 bits per heavy atom. The number of furan rings is 1. The molecule has 0 radical (unpaired) electrons. The van der Waals surface area contributed by atoms with Crippen LogP contribution in [-0.2, 0) is 0 Å². The Bertz CT molecular complexity index is 709. The van der Waals surface area contributed by atoms with Gasteiger partial charge in [-0.2, -0.15) is 0 Å². The Morgan fingerprint density at radius 2 is 2.00 bits per heavy atom. The first-order valence-corrected chi connectivity index (χ1v) is 4.88. The van der Waals surface area contributed by atoms with E-state index in [2.05, 4.69) is 10.2 Å². The highest BCUT2D eigenvalue weighted by atomic mass is 16.4. The number of fused-ring (bicyclic) bond motifs is 3. The predicted octanol–water partition coefficient (Wildman–Crippen LogP) is 2.34. The number of nitrogens with zero attached hydrogens (tertiary/aromatic N) is 1. The van der Waals surface area contributed by atoms with Gasteiger partial charge in [0.25, 0.3) is 0 Å². The van der Waals surface area contributed by atoms with Crippen molar-refractivity contribution >= 4 is 22.1 Å². The first kappa shape index (κ1) is 9.08. The number of benzene rings is 1. The summed E-state index contributed by atoms with van der Waals surface area (Å²) in [5.74, 6) is 0.138. The number of rotatable bonds is 0. The van der Waals surface area contributed by atoms with E-state index in [0.717, 1.165) is 5.69 Å². The van der Waals surface area contributed by atoms with Crippen molar-refractivity contribution in [2.45, 2.75) is 13.8 Å². The second-order valence-electron chi connectivity index (χ2n) is 3.90. The van der Waals surface area contributed by atoms with Gasteiger partial charge in [-0.25, -0.2) is 0 Å². The number of H-pyrrole nitrogens is 1. The Hall–Kier alpha value is -2.17. The molecule has 0 aliphatic heterocycles. The van der Waals surface area contributed by atoms with E-state index in [9.17, 15) is 10.2 Å². The zero-order valence-electron chi connectivity index (χ0n) is 8.83. The first-order chi connectivity index (χ1) is 7.59. The van der Waals surface area contributed by atoms with Crippen LogP contribution in [0.3, 0.4) is 0 Å². The van der Waals surface area contributed by atoms with Gasteiger partial charge in [-0.3, -0.25) is 5.10 Å². The molecular weight excluding hydrogens is 208 g/mol. The lowest BCUT2D eigenvalue weighted by Gasteiger charge is -2.01. The fourth-order valence-corrected chi connectivity index (χ4v) is 1.97. The van der Waals surface area contributed by atoms with Crippen LogP contribution in [0, 0.1) is 13.8 Å². The van der Waals surface area contributed by atoms with Gasteiger partial charge in [0.05, 0.1) is 10.8 Å². The number of aromatic nitrogens is 2. The largest absolute Gasteiger partial charge is 0.507 e. The van der Waals surface area contributed by atoms with E-state index in [4.69, 9.17) is 4.42 Å². The summed E-state index contributed by atoms with van der Waals surface area (Å²) in [6, 6.07) is 1.51. The summed E-state index contributed by atoms with van der Waals surface area (Å²) in [7, 11) is 0. The molecule has 0 aliphatic carbocycles. The Labute approximate surface area is 90.3 Å². The average Bonchev–Trinajstić information content (AvgIpc) is 2.76. The zero-order valence-corrected chi connectivity index (χ0v) is 8.83. The molecule has 16 heavy (non-hydrogen) atoms. The van der Waals surface area contributed by atoms with Crippen LogP contribution in [0.1, 0.15) is 11.3 Å². The monoisotopic (exact) mass is 218 g/mol. The van der Waals surface area contributed by atoms with Gasteiger partial charge in [0, 0.05) is 5.69 Å². The molecule has 2 aromatic heterocycles. The van der Waals surface area contributed by atoms with Crippen LogP contribution in [0.5, 0.6) is 11.5 Å². The van der Waals surface area contributed by atoms with Crippen molar-refractivity contribution in [2.75, 3.05) is 0 Å². The summed E-state index contributed by atoms with van der Waals surface area (Å²) in [4.78, 5) is 0. The van der Waals surface area contributed by atoms with Crippen molar-refractivity contribution in [1.82, 2.24) is 10.2 Å². The molecule has 3 aromatic rings. The third-order valence-corrected chi connectivity index (χ3v) is 2.79. The number of phenolic OH excluding ortho intramolecular Hbond substituents is 2. The molecule has 5 nitrogen and oxygen atoms in total. The third-order valence-electron chi connectivity index (χ3n) is 2.79. The van der Waals surface area contributed by atoms with E-state index in [0.29, 0.717) is 22.0 Å². The van der Waals surface area contributed by atoms with Gasteiger partial charge >= 0.3 is 0 Å². The van der Waals surface area contributed by atoms with E-state index in [1.807, 2.05) is 6.92 Å². The maximum Gasteiger partial charge on any atom is 0.246 e. The SMILES string of the molecule is Cc1cc(O)c2c(oc3n[nH]c(C)c32)c1O. The predicted molar refractivity (Wildman–Crippen MR) is 58.7 cm³/mol. The van der Waals surface area contributed by atoms with Gasteiger partial charge in [-0.15, -0.1) is 5.10 Å². The molecule has 82 valence electrons. The second-order valence-corrected chi connectivity index (χ2v) is 3.90. The summed E-state index contributed by atoms with van der Waals surface area (Å²) >= 11 is 0. The van der Waals surface area contributed by atoms with Crippen molar-refractivity contribution in [2.24, 2.45) is 0 Å². The maximum atomic E-state index is 9.89. The smallest absolute Gasteiger partial charge is 0.246 e. The van der Waals surface area contributed by atoms with Crippen LogP contribution in [0.2, 0.25) is 0 Å². The van der Waals surface area contributed by atoms with Gasteiger partial charge < -0.3 is 14.6 Å². The van der Waals surface area contributed by atoms with E-state index in [-0.39, 0.29) is 17.1 Å². The number of nitrogens with one attached hydrogen (secondary N) is 1. The number of hydrogen-bond acceptors (Lipinski definition) is 4. The third kappa shape index (κ3) is 0.920. The lowest BCUT2D eigenvalue weighted by Crippen LogP contribution is -1.78. The highest BCUT2D eigenvalue weighted by Gasteiger charge is 2.19. The summed E-state index contributed by atoms with van der Waals surface area (Å²) < 4.78 is 5.41. The Kier molecular flexibility index (Phi) is 1.53. The topological polar surface area (TPSA) is 82.3 Å². The molecule has 0 amide bonds. The quantitative estimate of drug-likeness (QED) is 0.506. The highest BCUT2D eigenvalue weighted by molar-refractivity contribution is 6.10. The summed E-state index contributed by atoms with van der Waals surface area (Å²) in [6.07, 6.45) is 0. The van der Waals surface area contributed by atoms with E-state index >= 15 is 0 Å². The molecule has 0 atom stereocenters. The number of hydrogen-bond donors (Lipinski definition) is 3. The van der Waals surface area contributed by atoms with Crippen LogP contribution in [-0.4, -0.2) is 20.4 Å². The van der Waals surface area contributed by atoms with Crippen LogP contribution in [0.4, 0.5) is 0 Å². The molecular formula is C11H10N2O3. The first-order valence-electron chi connectivity index (χ1n) is 4.88. The van der Waals surface area contributed by atoms with Crippen LogP contribution in [0.15, 0.2) is 10.5 Å². The summed E-state index contributed by atoms with van der Waals surface area (Å²) in [5.41, 5.74) is 2.05. The lowest BCUT2D eigenvalue weighted by molar-refractivity contribution is 0.455. The molecule has 5 heteroatoms. The van der Waals surface area contributed by atoms with Crippen molar-refractivity contribution < 1.29 is 14.6 Å². The molecule has 3 N–H and O–H groups in total. The highest BCUT2D eigenvalue weighted by Crippen LogP contribution is 2.41. The maximum absolute atomic E-state index is 9.89. The van der Waals surface area contributed by atoms with Crippen LogP contribution in [0.25, 0.3) is 22.1 Å². The lowest BCUT2D eigenvalue weighted by atomic mass is 10.1. The number of phenols is 2. The fraction of sp³-hybridized carbons (Fsp3) is 0.182. The van der Waals surface area contributed by atoms with Crippen molar-refractivity contribution in [3.8, 4) is 11.5 Å². The molecule has 0 saturated carbocycles. The fourth-order valence-electron chi connectivity index (χ4n) is 1.97. The minimum absolute atomic E-state index is 0.0465. The van der Waals surface area contributed by atoms with E-state index in [1.54, 1.807) is 6.92 Å². The van der Waals surface area contributed by atoms with Crippen LogP contribution < -0.4 is 0 Å². The zero-order chi connectivity index (χ0) is 11.4. The van der Waals surface area contributed by atoms with Gasteiger partial charge in [-0.1, -0.05) is 0 Å². The van der Waals surface area contributed by atoms with Crippen molar-refractivity contribution in [3.05, 3.63) is 17.3 Å². The summed E-state index contributed by atoms with van der Waals surface area (Å²) in [5, 5.41) is 27.7. The average molecular weight is 218 g/mol. The van der Waals surface area contributed by atoms with Gasteiger partial charge in [-0.05, 0) is 25.5 Å². The van der Waals surface area contributed by atoms with Crippen molar-refractivity contribution in [1.29, 1.82) is 0 Å². The molecule has 0 fully saturated rings. The van der Waals surface area contributed by atoms with Gasteiger partial charge in [0.15, 0.2) is 11.3 Å². The molecule has 0 spiro atoms. The number of aromatic amines is 1. The van der Waals surface area contributed by atoms with E-state index in [1.165, 1.54) is 6.07 Å². The minimum atomic E-state index is 0.0465.